The second-order valence-electron chi connectivity index (χ2n) is 7.96. The molecule has 2 aromatic heterocycles. The number of fused-ring (bicyclic) bond motifs is 1. The van der Waals surface area contributed by atoms with Crippen molar-refractivity contribution in [1.82, 2.24) is 19.9 Å². The van der Waals surface area contributed by atoms with E-state index < -0.39 is 0 Å². The summed E-state index contributed by atoms with van der Waals surface area (Å²) in [6, 6.07) is 12.9. The van der Waals surface area contributed by atoms with Crippen LogP contribution in [0.4, 0.5) is 0 Å². The number of carbonyl (C=O) groups excluding carboxylic acids is 1. The highest BCUT2D eigenvalue weighted by Gasteiger charge is 2.22. The second-order valence-corrected chi connectivity index (χ2v) is 7.96. The Bertz CT molecular complexity index is 1240. The maximum Gasteiger partial charge on any atom is 0.253 e. The van der Waals surface area contributed by atoms with Crippen LogP contribution >= 0.6 is 0 Å². The Balaban J connectivity index is 1.44. The molecule has 8 nitrogen and oxygen atoms in total. The molecule has 0 atom stereocenters. The summed E-state index contributed by atoms with van der Waals surface area (Å²) in [7, 11) is 3.71. The Morgan fingerprint density at radius 3 is 2.72 bits per heavy atom. The number of hydrogen-bond donors (Lipinski definition) is 0. The fourth-order valence-corrected chi connectivity index (χ4v) is 3.94. The summed E-state index contributed by atoms with van der Waals surface area (Å²) < 4.78 is 16.4. The number of nitrogens with zero attached hydrogens (tertiary/aromatic N) is 4. The number of likely N-dealkylation sites (N-methyl/N-ethyl adjacent to an activating group) is 1. The largest absolute Gasteiger partial charge is 0.497 e. The molecule has 1 amide bonds. The summed E-state index contributed by atoms with van der Waals surface area (Å²) in [5.41, 5.74) is 3.14. The summed E-state index contributed by atoms with van der Waals surface area (Å²) in [4.78, 5) is 21.9. The molecule has 1 aliphatic rings. The molecule has 32 heavy (non-hydrogen) atoms. The zero-order valence-electron chi connectivity index (χ0n) is 18.1. The Morgan fingerprint density at radius 1 is 1.06 bits per heavy atom. The molecule has 1 fully saturated rings. The van der Waals surface area contributed by atoms with Crippen molar-refractivity contribution in [2.45, 2.75) is 6.42 Å². The van der Waals surface area contributed by atoms with Gasteiger partial charge in [-0.05, 0) is 62.5 Å². The Hall–Kier alpha value is -3.65. The number of amides is 1. The van der Waals surface area contributed by atoms with E-state index in [1.165, 1.54) is 0 Å². The molecule has 0 bridgehead atoms. The molecular weight excluding hydrogens is 408 g/mol. The highest BCUT2D eigenvalue weighted by molar-refractivity contribution is 6.00. The molecule has 5 rings (SSSR count). The lowest BCUT2D eigenvalue weighted by Gasteiger charge is -2.20. The number of hydrogen-bond acceptors (Lipinski definition) is 7. The van der Waals surface area contributed by atoms with Gasteiger partial charge in [-0.1, -0.05) is 5.16 Å². The molecular formula is C24H24N4O4. The van der Waals surface area contributed by atoms with Crippen molar-refractivity contribution in [3.05, 3.63) is 54.3 Å². The summed E-state index contributed by atoms with van der Waals surface area (Å²) >= 11 is 0. The number of benzene rings is 2. The van der Waals surface area contributed by atoms with Gasteiger partial charge in [0.05, 0.1) is 12.5 Å². The van der Waals surface area contributed by atoms with Crippen LogP contribution in [0.2, 0.25) is 0 Å². The Morgan fingerprint density at radius 2 is 1.91 bits per heavy atom. The van der Waals surface area contributed by atoms with Gasteiger partial charge in [-0.3, -0.25) is 4.79 Å². The molecule has 0 radical (unpaired) electrons. The Kier molecular flexibility index (Phi) is 5.36. The third kappa shape index (κ3) is 3.85. The molecule has 3 heterocycles. The zero-order valence-corrected chi connectivity index (χ0v) is 18.1. The van der Waals surface area contributed by atoms with Crippen molar-refractivity contribution < 1.29 is 18.5 Å². The average molecular weight is 432 g/mol. The van der Waals surface area contributed by atoms with Crippen molar-refractivity contribution in [1.29, 1.82) is 0 Å². The average Bonchev–Trinajstić information content (AvgIpc) is 3.42. The van der Waals surface area contributed by atoms with Gasteiger partial charge in [-0.15, -0.1) is 0 Å². The molecule has 0 unspecified atom stereocenters. The van der Waals surface area contributed by atoms with Crippen molar-refractivity contribution in [3.8, 4) is 28.6 Å². The highest BCUT2D eigenvalue weighted by atomic mass is 16.5. The van der Waals surface area contributed by atoms with Crippen LogP contribution in [0, 0.1) is 0 Å². The molecule has 0 saturated carbocycles. The summed E-state index contributed by atoms with van der Waals surface area (Å²) in [5, 5.41) is 4.92. The van der Waals surface area contributed by atoms with Gasteiger partial charge in [0.25, 0.3) is 5.91 Å². The first-order chi connectivity index (χ1) is 15.6. The van der Waals surface area contributed by atoms with Crippen LogP contribution in [0.3, 0.4) is 0 Å². The Labute approximate surface area is 185 Å². The topological polar surface area (TPSA) is 84.8 Å². The van der Waals surface area contributed by atoms with E-state index in [4.69, 9.17) is 13.7 Å². The lowest BCUT2D eigenvalue weighted by Crippen LogP contribution is -2.34. The summed E-state index contributed by atoms with van der Waals surface area (Å²) in [5.74, 6) is 1.25. The molecule has 1 aliphatic heterocycles. The molecule has 4 aromatic rings. The minimum absolute atomic E-state index is 0.0217. The smallest absolute Gasteiger partial charge is 0.253 e. The molecule has 0 spiro atoms. The number of carbonyl (C=O) groups is 1. The van der Waals surface area contributed by atoms with Crippen molar-refractivity contribution in [3.63, 3.8) is 0 Å². The van der Waals surface area contributed by atoms with Gasteiger partial charge in [-0.2, -0.15) is 0 Å². The lowest BCUT2D eigenvalue weighted by molar-refractivity contribution is 0.0763. The van der Waals surface area contributed by atoms with Crippen LogP contribution in [0.25, 0.3) is 33.8 Å². The SMILES string of the molecule is COc1ccc(-c2nc(-c3noc4ccc(C(=O)N5CCCN(C)CC5)cc34)co2)cc1. The minimum atomic E-state index is 0.0217. The van der Waals surface area contributed by atoms with Gasteiger partial charge in [0.15, 0.2) is 5.58 Å². The van der Waals surface area contributed by atoms with E-state index in [0.29, 0.717) is 28.4 Å². The normalized spacial score (nSPS) is 15.1. The lowest BCUT2D eigenvalue weighted by atomic mass is 10.1. The quantitative estimate of drug-likeness (QED) is 0.483. The predicted octanol–water partition coefficient (Wildman–Crippen LogP) is 3.94. The van der Waals surface area contributed by atoms with E-state index in [1.54, 1.807) is 25.5 Å². The first-order valence-corrected chi connectivity index (χ1v) is 10.6. The monoisotopic (exact) mass is 432 g/mol. The van der Waals surface area contributed by atoms with Gasteiger partial charge in [0.2, 0.25) is 5.89 Å². The zero-order chi connectivity index (χ0) is 22.1. The van der Waals surface area contributed by atoms with E-state index >= 15 is 0 Å². The van der Waals surface area contributed by atoms with E-state index in [0.717, 1.165) is 49.3 Å². The van der Waals surface area contributed by atoms with Gasteiger partial charge in [-0.25, -0.2) is 4.98 Å². The number of rotatable bonds is 4. The van der Waals surface area contributed by atoms with Crippen LogP contribution in [0.15, 0.2) is 57.7 Å². The number of aromatic nitrogens is 2. The molecule has 2 aromatic carbocycles. The molecule has 1 saturated heterocycles. The fraction of sp³-hybridized carbons (Fsp3) is 0.292. The minimum Gasteiger partial charge on any atom is -0.497 e. The summed E-state index contributed by atoms with van der Waals surface area (Å²) in [6.07, 6.45) is 2.52. The van der Waals surface area contributed by atoms with Crippen molar-refractivity contribution in [2.75, 3.05) is 40.3 Å². The van der Waals surface area contributed by atoms with Crippen molar-refractivity contribution in [2.24, 2.45) is 0 Å². The van der Waals surface area contributed by atoms with Crippen molar-refractivity contribution >= 4 is 16.9 Å². The van der Waals surface area contributed by atoms with Crippen LogP contribution in [0.5, 0.6) is 5.75 Å². The van der Waals surface area contributed by atoms with E-state index in [1.807, 2.05) is 35.2 Å². The maximum absolute atomic E-state index is 13.1. The molecule has 0 N–H and O–H groups in total. The van der Waals surface area contributed by atoms with Crippen LogP contribution in [0.1, 0.15) is 16.8 Å². The van der Waals surface area contributed by atoms with Gasteiger partial charge >= 0.3 is 0 Å². The number of oxazole rings is 1. The van der Waals surface area contributed by atoms with Crippen LogP contribution < -0.4 is 4.74 Å². The van der Waals surface area contributed by atoms with Crippen LogP contribution in [-0.4, -0.2) is 66.2 Å². The molecule has 8 heteroatoms. The molecule has 0 aliphatic carbocycles. The first kappa shape index (κ1) is 20.3. The number of ether oxygens (including phenoxy) is 1. The standard InChI is InChI=1S/C24H24N4O4/c1-27-10-3-11-28(13-12-27)24(29)17-6-9-21-19(14-17)22(26-32-21)20-15-31-23(25-20)16-4-7-18(30-2)8-5-16/h4-9,14-15H,3,10-13H2,1-2H3. The first-order valence-electron chi connectivity index (χ1n) is 10.6. The predicted molar refractivity (Wildman–Crippen MR) is 120 cm³/mol. The van der Waals surface area contributed by atoms with Gasteiger partial charge < -0.3 is 23.5 Å². The van der Waals surface area contributed by atoms with E-state index in [9.17, 15) is 4.79 Å². The second kappa shape index (κ2) is 8.47. The third-order valence-corrected chi connectivity index (χ3v) is 5.81. The summed E-state index contributed by atoms with van der Waals surface area (Å²) in [6.45, 7) is 3.35. The fourth-order valence-electron chi connectivity index (χ4n) is 3.94. The molecule has 164 valence electrons. The van der Waals surface area contributed by atoms with Gasteiger partial charge in [0, 0.05) is 30.8 Å². The highest BCUT2D eigenvalue weighted by Crippen LogP contribution is 2.31. The van der Waals surface area contributed by atoms with E-state index in [2.05, 4.69) is 22.1 Å². The maximum atomic E-state index is 13.1. The van der Waals surface area contributed by atoms with Crippen LogP contribution in [-0.2, 0) is 0 Å². The third-order valence-electron chi connectivity index (χ3n) is 5.81. The van der Waals surface area contributed by atoms with E-state index in [-0.39, 0.29) is 5.91 Å². The van der Waals surface area contributed by atoms with Gasteiger partial charge in [0.1, 0.15) is 23.4 Å². The number of methoxy groups -OCH3 is 1.